The molecular formula is C14H20ClNO3S. The van der Waals surface area contributed by atoms with E-state index in [4.69, 9.17) is 16.0 Å². The maximum absolute atomic E-state index is 12.8. The first-order chi connectivity index (χ1) is 9.63. The van der Waals surface area contributed by atoms with E-state index < -0.39 is 10.0 Å². The average molecular weight is 318 g/mol. The standard InChI is InChI=1S/C14H20ClNO3S/c15-10-12-7-8-14(19-12)20(17,18)16-9-3-5-11-4-1-2-6-13(11)16/h7-8,11,13H,1-6,9-10H2. The first-order valence-corrected chi connectivity index (χ1v) is 9.27. The van der Waals surface area contributed by atoms with E-state index in [9.17, 15) is 8.42 Å². The van der Waals surface area contributed by atoms with Gasteiger partial charge in [0.05, 0.1) is 5.88 Å². The van der Waals surface area contributed by atoms with Crippen molar-refractivity contribution < 1.29 is 12.8 Å². The second-order valence-corrected chi connectivity index (χ2v) is 7.81. The quantitative estimate of drug-likeness (QED) is 0.803. The summed E-state index contributed by atoms with van der Waals surface area (Å²) in [5, 5.41) is 0.0411. The zero-order valence-corrected chi connectivity index (χ0v) is 13.0. The summed E-state index contributed by atoms with van der Waals surface area (Å²) in [6, 6.07) is 3.33. The van der Waals surface area contributed by atoms with Gasteiger partial charge < -0.3 is 4.42 Å². The fraction of sp³-hybridized carbons (Fsp3) is 0.714. The normalized spacial score (nSPS) is 28.2. The number of nitrogens with zero attached hydrogens (tertiary/aromatic N) is 1. The first kappa shape index (κ1) is 14.4. The molecule has 4 nitrogen and oxygen atoms in total. The molecule has 2 fully saturated rings. The first-order valence-electron chi connectivity index (χ1n) is 7.29. The van der Waals surface area contributed by atoms with Gasteiger partial charge in [-0.1, -0.05) is 12.8 Å². The molecule has 1 aliphatic heterocycles. The summed E-state index contributed by atoms with van der Waals surface area (Å²) in [6.07, 6.45) is 6.59. The lowest BCUT2D eigenvalue weighted by molar-refractivity contribution is 0.127. The van der Waals surface area contributed by atoms with Gasteiger partial charge in [0.1, 0.15) is 5.76 Å². The van der Waals surface area contributed by atoms with Crippen LogP contribution in [0.1, 0.15) is 44.3 Å². The zero-order valence-electron chi connectivity index (χ0n) is 11.4. The van der Waals surface area contributed by atoms with E-state index >= 15 is 0 Å². The van der Waals surface area contributed by atoms with Gasteiger partial charge in [-0.15, -0.1) is 11.6 Å². The molecule has 0 N–H and O–H groups in total. The van der Waals surface area contributed by atoms with Gasteiger partial charge >= 0.3 is 0 Å². The van der Waals surface area contributed by atoms with Crippen LogP contribution >= 0.6 is 11.6 Å². The zero-order chi connectivity index (χ0) is 14.2. The lowest BCUT2D eigenvalue weighted by Crippen LogP contribution is -2.49. The van der Waals surface area contributed by atoms with E-state index in [1.165, 1.54) is 12.5 Å². The van der Waals surface area contributed by atoms with Crippen molar-refractivity contribution in [1.82, 2.24) is 4.31 Å². The molecule has 2 heterocycles. The molecule has 0 bridgehead atoms. The lowest BCUT2D eigenvalue weighted by atomic mass is 9.79. The Hall–Kier alpha value is -0.520. The number of rotatable bonds is 3. The monoisotopic (exact) mass is 317 g/mol. The molecule has 1 saturated heterocycles. The minimum absolute atomic E-state index is 0.0411. The van der Waals surface area contributed by atoms with Crippen LogP contribution in [0.25, 0.3) is 0 Å². The molecule has 0 spiro atoms. The van der Waals surface area contributed by atoms with E-state index in [-0.39, 0.29) is 17.0 Å². The molecule has 1 aromatic heterocycles. The Labute approximate surface area is 125 Å². The third-order valence-electron chi connectivity index (χ3n) is 4.52. The van der Waals surface area contributed by atoms with E-state index in [0.29, 0.717) is 18.2 Å². The summed E-state index contributed by atoms with van der Waals surface area (Å²) in [5.74, 6) is 1.22. The van der Waals surface area contributed by atoms with Gasteiger partial charge in [0, 0.05) is 12.6 Å². The molecule has 0 aromatic carbocycles. The van der Waals surface area contributed by atoms with Gasteiger partial charge in [0.2, 0.25) is 5.09 Å². The Morgan fingerprint density at radius 3 is 2.70 bits per heavy atom. The van der Waals surface area contributed by atoms with E-state index in [1.54, 1.807) is 10.4 Å². The van der Waals surface area contributed by atoms with Gasteiger partial charge in [-0.05, 0) is 43.7 Å². The SMILES string of the molecule is O=S(=O)(c1ccc(CCl)o1)N1CCCC2CCCCC21. The van der Waals surface area contributed by atoms with Gasteiger partial charge in [-0.2, -0.15) is 4.31 Å². The second-order valence-electron chi connectivity index (χ2n) is 5.72. The van der Waals surface area contributed by atoms with Crippen molar-refractivity contribution in [3.8, 4) is 0 Å². The summed E-state index contributed by atoms with van der Waals surface area (Å²) in [5.41, 5.74) is 0. The van der Waals surface area contributed by atoms with Crippen molar-refractivity contribution >= 4 is 21.6 Å². The summed E-state index contributed by atoms with van der Waals surface area (Å²) in [7, 11) is -3.51. The number of sulfonamides is 1. The number of hydrogen-bond acceptors (Lipinski definition) is 3. The highest BCUT2D eigenvalue weighted by Crippen LogP contribution is 2.38. The number of alkyl halides is 1. The Morgan fingerprint density at radius 2 is 1.95 bits per heavy atom. The summed E-state index contributed by atoms with van der Waals surface area (Å²) in [4.78, 5) is 0. The van der Waals surface area contributed by atoms with Crippen LogP contribution in [0.4, 0.5) is 0 Å². The maximum atomic E-state index is 12.8. The van der Waals surface area contributed by atoms with E-state index in [1.807, 2.05) is 0 Å². The van der Waals surface area contributed by atoms with Crippen LogP contribution in [0.15, 0.2) is 21.6 Å². The Morgan fingerprint density at radius 1 is 1.20 bits per heavy atom. The third kappa shape index (κ3) is 2.51. The highest BCUT2D eigenvalue weighted by Gasteiger charge is 2.41. The van der Waals surface area contributed by atoms with Crippen molar-refractivity contribution in [2.24, 2.45) is 5.92 Å². The van der Waals surface area contributed by atoms with Crippen LogP contribution in [0.3, 0.4) is 0 Å². The van der Waals surface area contributed by atoms with Crippen LogP contribution in [0.2, 0.25) is 0 Å². The number of hydrogen-bond donors (Lipinski definition) is 0. The molecule has 2 unspecified atom stereocenters. The molecule has 2 aliphatic rings. The van der Waals surface area contributed by atoms with Gasteiger partial charge in [-0.3, -0.25) is 0 Å². The fourth-order valence-electron chi connectivity index (χ4n) is 3.56. The topological polar surface area (TPSA) is 50.5 Å². The van der Waals surface area contributed by atoms with Crippen LogP contribution in [0.5, 0.6) is 0 Å². The molecule has 1 saturated carbocycles. The minimum Gasteiger partial charge on any atom is -0.447 e. The van der Waals surface area contributed by atoms with Gasteiger partial charge in [0.25, 0.3) is 10.0 Å². The number of halogens is 1. The molecule has 1 aliphatic carbocycles. The van der Waals surface area contributed by atoms with E-state index in [0.717, 1.165) is 32.1 Å². The van der Waals surface area contributed by atoms with Crippen LogP contribution in [0, 0.1) is 5.92 Å². The Bertz CT molecular complexity index is 567. The molecule has 20 heavy (non-hydrogen) atoms. The molecule has 3 rings (SSSR count). The Kier molecular flexibility index (Phi) is 4.11. The summed E-state index contributed by atoms with van der Waals surface area (Å²) >= 11 is 5.68. The van der Waals surface area contributed by atoms with Crippen molar-refractivity contribution in [1.29, 1.82) is 0 Å². The minimum atomic E-state index is -3.51. The van der Waals surface area contributed by atoms with Crippen molar-refractivity contribution in [3.63, 3.8) is 0 Å². The number of fused-ring (bicyclic) bond motifs is 1. The highest BCUT2D eigenvalue weighted by molar-refractivity contribution is 7.89. The van der Waals surface area contributed by atoms with Gasteiger partial charge in [-0.25, -0.2) is 8.42 Å². The van der Waals surface area contributed by atoms with Crippen LogP contribution in [-0.4, -0.2) is 25.3 Å². The fourth-order valence-corrected chi connectivity index (χ4v) is 5.39. The predicted molar refractivity (Wildman–Crippen MR) is 77.1 cm³/mol. The molecular weight excluding hydrogens is 298 g/mol. The van der Waals surface area contributed by atoms with Crippen molar-refractivity contribution in [3.05, 3.63) is 17.9 Å². The highest BCUT2D eigenvalue weighted by atomic mass is 35.5. The molecule has 1 aromatic rings. The summed E-state index contributed by atoms with van der Waals surface area (Å²) in [6.45, 7) is 0.612. The van der Waals surface area contributed by atoms with Crippen LogP contribution < -0.4 is 0 Å². The average Bonchev–Trinajstić information content (AvgIpc) is 2.96. The van der Waals surface area contributed by atoms with Crippen molar-refractivity contribution in [2.75, 3.05) is 6.54 Å². The van der Waals surface area contributed by atoms with Crippen LogP contribution in [-0.2, 0) is 15.9 Å². The van der Waals surface area contributed by atoms with Crippen molar-refractivity contribution in [2.45, 2.75) is 55.5 Å². The largest absolute Gasteiger partial charge is 0.447 e. The van der Waals surface area contributed by atoms with E-state index in [2.05, 4.69) is 0 Å². The third-order valence-corrected chi connectivity index (χ3v) is 6.59. The summed E-state index contributed by atoms with van der Waals surface area (Å²) < 4.78 is 32.6. The lowest BCUT2D eigenvalue weighted by Gasteiger charge is -2.42. The molecule has 0 amide bonds. The second kappa shape index (κ2) is 5.70. The smallest absolute Gasteiger partial charge is 0.276 e. The molecule has 112 valence electrons. The molecule has 6 heteroatoms. The maximum Gasteiger partial charge on any atom is 0.276 e. The number of furan rings is 1. The van der Waals surface area contributed by atoms with Gasteiger partial charge in [0.15, 0.2) is 0 Å². The number of piperidine rings is 1. The molecule has 0 radical (unpaired) electrons. The molecule has 2 atom stereocenters. The predicted octanol–water partition coefficient (Wildman–Crippen LogP) is 3.36. The Balaban J connectivity index is 1.89.